The van der Waals surface area contributed by atoms with Crippen LogP contribution < -0.4 is 20.1 Å². The molecule has 7 nitrogen and oxygen atoms in total. The summed E-state index contributed by atoms with van der Waals surface area (Å²) in [7, 11) is 3.07. The summed E-state index contributed by atoms with van der Waals surface area (Å²) in [5, 5.41) is 6.35. The van der Waals surface area contributed by atoms with Crippen molar-refractivity contribution in [2.75, 3.05) is 24.9 Å². The molecule has 1 amide bonds. The van der Waals surface area contributed by atoms with E-state index in [0.717, 1.165) is 0 Å². The van der Waals surface area contributed by atoms with Crippen LogP contribution in [0.2, 0.25) is 5.02 Å². The van der Waals surface area contributed by atoms with E-state index < -0.39 is 5.91 Å². The van der Waals surface area contributed by atoms with Crippen molar-refractivity contribution >= 4 is 34.7 Å². The molecule has 1 heterocycles. The fraction of sp³-hybridized carbons (Fsp3) is 0.105. The Labute approximate surface area is 161 Å². The number of anilines is 3. The average molecular weight is 385 g/mol. The standard InChI is InChI=1S/C19H17ClN4O3/c1-26-12-7-8-17(27-2)15(9-12)24-19(25)16-10-22-18(11-21-16)23-14-6-4-3-5-13(14)20/h3-11H,1-2H3,(H,22,23)(H,24,25). The van der Waals surface area contributed by atoms with E-state index in [-0.39, 0.29) is 5.69 Å². The molecule has 0 radical (unpaired) electrons. The number of benzene rings is 2. The number of rotatable bonds is 6. The first kappa shape index (κ1) is 18.5. The smallest absolute Gasteiger partial charge is 0.275 e. The van der Waals surface area contributed by atoms with E-state index in [2.05, 4.69) is 20.6 Å². The first-order valence-electron chi connectivity index (χ1n) is 7.97. The molecule has 3 rings (SSSR count). The summed E-state index contributed by atoms with van der Waals surface area (Å²) < 4.78 is 10.4. The SMILES string of the molecule is COc1ccc(OC)c(NC(=O)c2cnc(Nc3ccccc3Cl)cn2)c1. The molecule has 2 N–H and O–H groups in total. The highest BCUT2D eigenvalue weighted by Gasteiger charge is 2.13. The number of hydrogen-bond donors (Lipinski definition) is 2. The first-order valence-corrected chi connectivity index (χ1v) is 8.35. The van der Waals surface area contributed by atoms with E-state index in [4.69, 9.17) is 21.1 Å². The van der Waals surface area contributed by atoms with Gasteiger partial charge in [0.25, 0.3) is 5.91 Å². The van der Waals surface area contributed by atoms with Crippen LogP contribution in [0, 0.1) is 0 Å². The minimum atomic E-state index is -0.418. The van der Waals surface area contributed by atoms with Gasteiger partial charge in [0.1, 0.15) is 23.0 Å². The highest BCUT2D eigenvalue weighted by molar-refractivity contribution is 6.33. The van der Waals surface area contributed by atoms with Gasteiger partial charge in [-0.25, -0.2) is 9.97 Å². The summed E-state index contributed by atoms with van der Waals surface area (Å²) in [6, 6.07) is 12.4. The predicted octanol–water partition coefficient (Wildman–Crippen LogP) is 4.14. The molecule has 0 bridgehead atoms. The summed E-state index contributed by atoms with van der Waals surface area (Å²) in [5.74, 6) is 1.16. The van der Waals surface area contributed by atoms with Crippen LogP contribution in [0.4, 0.5) is 17.2 Å². The van der Waals surface area contributed by atoms with Crippen molar-refractivity contribution in [3.63, 3.8) is 0 Å². The molecule has 8 heteroatoms. The van der Waals surface area contributed by atoms with E-state index in [1.165, 1.54) is 19.5 Å². The lowest BCUT2D eigenvalue weighted by Crippen LogP contribution is -2.15. The number of carbonyl (C=O) groups excluding carboxylic acids is 1. The van der Waals surface area contributed by atoms with Crippen LogP contribution in [0.5, 0.6) is 11.5 Å². The maximum atomic E-state index is 12.5. The minimum Gasteiger partial charge on any atom is -0.497 e. The molecule has 2 aromatic carbocycles. The van der Waals surface area contributed by atoms with Crippen molar-refractivity contribution in [3.05, 3.63) is 65.6 Å². The zero-order chi connectivity index (χ0) is 19.2. The van der Waals surface area contributed by atoms with Gasteiger partial charge in [0, 0.05) is 6.07 Å². The lowest BCUT2D eigenvalue weighted by Gasteiger charge is -2.11. The van der Waals surface area contributed by atoms with E-state index in [1.54, 1.807) is 31.4 Å². The molecule has 0 fully saturated rings. The largest absolute Gasteiger partial charge is 0.497 e. The molecule has 0 saturated heterocycles. The molecule has 0 spiro atoms. The Hall–Kier alpha value is -3.32. The predicted molar refractivity (Wildman–Crippen MR) is 104 cm³/mol. The number of amides is 1. The molecule has 138 valence electrons. The van der Waals surface area contributed by atoms with Gasteiger partial charge in [-0.2, -0.15) is 0 Å². The van der Waals surface area contributed by atoms with Crippen molar-refractivity contribution in [3.8, 4) is 11.5 Å². The molecular formula is C19H17ClN4O3. The number of nitrogens with one attached hydrogen (secondary N) is 2. The lowest BCUT2D eigenvalue weighted by molar-refractivity contribution is 0.102. The fourth-order valence-electron chi connectivity index (χ4n) is 2.31. The van der Waals surface area contributed by atoms with Gasteiger partial charge in [0.05, 0.1) is 43.0 Å². The molecule has 0 aliphatic carbocycles. The van der Waals surface area contributed by atoms with Crippen LogP contribution in [0.15, 0.2) is 54.9 Å². The highest BCUT2D eigenvalue weighted by atomic mass is 35.5. The van der Waals surface area contributed by atoms with E-state index in [1.807, 2.05) is 18.2 Å². The summed E-state index contributed by atoms with van der Waals surface area (Å²) in [6.07, 6.45) is 2.84. The number of hydrogen-bond acceptors (Lipinski definition) is 6. The summed E-state index contributed by atoms with van der Waals surface area (Å²) in [6.45, 7) is 0. The number of carbonyl (C=O) groups is 1. The van der Waals surface area contributed by atoms with Gasteiger partial charge >= 0.3 is 0 Å². The Morgan fingerprint density at radius 1 is 1.00 bits per heavy atom. The first-order chi connectivity index (χ1) is 13.1. The Morgan fingerprint density at radius 3 is 2.48 bits per heavy atom. The van der Waals surface area contributed by atoms with Crippen LogP contribution in [0.3, 0.4) is 0 Å². The normalized spacial score (nSPS) is 10.2. The molecule has 0 unspecified atom stereocenters. The lowest BCUT2D eigenvalue weighted by atomic mass is 10.2. The van der Waals surface area contributed by atoms with Gasteiger partial charge in [-0.3, -0.25) is 4.79 Å². The van der Waals surface area contributed by atoms with Crippen molar-refractivity contribution in [2.24, 2.45) is 0 Å². The van der Waals surface area contributed by atoms with Crippen molar-refractivity contribution < 1.29 is 14.3 Å². The average Bonchev–Trinajstić information content (AvgIpc) is 2.70. The van der Waals surface area contributed by atoms with Crippen LogP contribution >= 0.6 is 11.6 Å². The molecule has 3 aromatic rings. The van der Waals surface area contributed by atoms with Gasteiger partial charge in [0.15, 0.2) is 0 Å². The Bertz CT molecular complexity index is 948. The molecule has 0 aliphatic rings. The number of aromatic nitrogens is 2. The minimum absolute atomic E-state index is 0.157. The second-order valence-corrected chi connectivity index (χ2v) is 5.82. The van der Waals surface area contributed by atoms with Crippen molar-refractivity contribution in [1.29, 1.82) is 0 Å². The number of ether oxygens (including phenoxy) is 2. The van der Waals surface area contributed by atoms with E-state index in [0.29, 0.717) is 33.7 Å². The Balaban J connectivity index is 1.74. The molecular weight excluding hydrogens is 368 g/mol. The Morgan fingerprint density at radius 2 is 1.81 bits per heavy atom. The highest BCUT2D eigenvalue weighted by Crippen LogP contribution is 2.29. The zero-order valence-electron chi connectivity index (χ0n) is 14.7. The quantitative estimate of drug-likeness (QED) is 0.664. The second-order valence-electron chi connectivity index (χ2n) is 5.41. The number of nitrogens with zero attached hydrogens (tertiary/aromatic N) is 2. The van der Waals surface area contributed by atoms with Gasteiger partial charge in [-0.05, 0) is 24.3 Å². The van der Waals surface area contributed by atoms with Gasteiger partial charge in [-0.15, -0.1) is 0 Å². The van der Waals surface area contributed by atoms with Crippen LogP contribution in [-0.4, -0.2) is 30.1 Å². The van der Waals surface area contributed by atoms with Crippen LogP contribution in [0.25, 0.3) is 0 Å². The third-order valence-corrected chi connectivity index (χ3v) is 4.01. The van der Waals surface area contributed by atoms with Crippen LogP contribution in [-0.2, 0) is 0 Å². The fourth-order valence-corrected chi connectivity index (χ4v) is 2.49. The van der Waals surface area contributed by atoms with Crippen LogP contribution in [0.1, 0.15) is 10.5 Å². The second kappa shape index (κ2) is 8.37. The number of halogens is 1. The summed E-state index contributed by atoms with van der Waals surface area (Å²) >= 11 is 6.10. The molecule has 0 aliphatic heterocycles. The van der Waals surface area contributed by atoms with Crippen molar-refractivity contribution in [2.45, 2.75) is 0 Å². The monoisotopic (exact) mass is 384 g/mol. The number of para-hydroxylation sites is 1. The zero-order valence-corrected chi connectivity index (χ0v) is 15.4. The third-order valence-electron chi connectivity index (χ3n) is 3.68. The topological polar surface area (TPSA) is 85.4 Å². The third kappa shape index (κ3) is 4.45. The molecule has 27 heavy (non-hydrogen) atoms. The van der Waals surface area contributed by atoms with E-state index >= 15 is 0 Å². The summed E-state index contributed by atoms with van der Waals surface area (Å²) in [4.78, 5) is 20.8. The van der Waals surface area contributed by atoms with Crippen molar-refractivity contribution in [1.82, 2.24) is 9.97 Å². The van der Waals surface area contributed by atoms with Gasteiger partial charge < -0.3 is 20.1 Å². The van der Waals surface area contributed by atoms with E-state index in [9.17, 15) is 4.79 Å². The maximum absolute atomic E-state index is 12.5. The summed E-state index contributed by atoms with van der Waals surface area (Å²) in [5.41, 5.74) is 1.33. The van der Waals surface area contributed by atoms with Gasteiger partial charge in [-0.1, -0.05) is 23.7 Å². The number of methoxy groups -OCH3 is 2. The molecule has 1 aromatic heterocycles. The molecule has 0 atom stereocenters. The maximum Gasteiger partial charge on any atom is 0.275 e. The molecule has 0 saturated carbocycles. The van der Waals surface area contributed by atoms with Gasteiger partial charge in [0.2, 0.25) is 0 Å². The Kier molecular flexibility index (Phi) is 5.73.